The molecule has 6 heteroatoms. The molecule has 1 aromatic rings. The maximum Gasteiger partial charge on any atom is 0.303 e. The highest BCUT2D eigenvalue weighted by atomic mass is 79.9. The van der Waals surface area contributed by atoms with Crippen LogP contribution < -0.4 is 0 Å². The zero-order valence-electron chi connectivity index (χ0n) is 9.86. The first-order valence-electron chi connectivity index (χ1n) is 5.92. The third-order valence-corrected chi connectivity index (χ3v) is 6.49. The average Bonchev–Trinajstić information content (AvgIpc) is 2.60. The molecule has 1 aromatic heterocycles. The topological polar surface area (TPSA) is 40.5 Å². The van der Waals surface area contributed by atoms with Crippen molar-refractivity contribution in [1.82, 2.24) is 4.90 Å². The summed E-state index contributed by atoms with van der Waals surface area (Å²) in [6, 6.07) is 2.15. The number of nitrogens with zero attached hydrogens (tertiary/aromatic N) is 1. The molecule has 2 heterocycles. The van der Waals surface area contributed by atoms with Crippen molar-refractivity contribution in [1.29, 1.82) is 0 Å². The Morgan fingerprint density at radius 2 is 2.11 bits per heavy atom. The molecule has 0 radical (unpaired) electrons. The van der Waals surface area contributed by atoms with E-state index in [1.54, 1.807) is 11.3 Å². The van der Waals surface area contributed by atoms with Crippen molar-refractivity contribution < 1.29 is 9.90 Å². The van der Waals surface area contributed by atoms with Gasteiger partial charge in [0.2, 0.25) is 0 Å². The summed E-state index contributed by atoms with van der Waals surface area (Å²) in [5.41, 5.74) is 0. The van der Waals surface area contributed by atoms with Gasteiger partial charge >= 0.3 is 5.97 Å². The number of hydrogen-bond acceptors (Lipinski definition) is 3. The van der Waals surface area contributed by atoms with Crippen molar-refractivity contribution in [2.75, 3.05) is 13.1 Å². The summed E-state index contributed by atoms with van der Waals surface area (Å²) in [6.07, 6.45) is 2.32. The molecule has 1 aliphatic heterocycles. The summed E-state index contributed by atoms with van der Waals surface area (Å²) >= 11 is 8.76. The third kappa shape index (κ3) is 4.05. The molecule has 0 aromatic carbocycles. The molecule has 2 rings (SSSR count). The molecule has 0 bridgehead atoms. The van der Waals surface area contributed by atoms with Crippen LogP contribution >= 0.6 is 43.2 Å². The number of hydrogen-bond donors (Lipinski definition) is 1. The molecule has 100 valence electrons. The van der Waals surface area contributed by atoms with Gasteiger partial charge in [-0.2, -0.15) is 0 Å². The van der Waals surface area contributed by atoms with Gasteiger partial charge in [-0.3, -0.25) is 9.69 Å². The van der Waals surface area contributed by atoms with Gasteiger partial charge in [0.25, 0.3) is 0 Å². The van der Waals surface area contributed by atoms with Crippen molar-refractivity contribution in [2.24, 2.45) is 5.92 Å². The minimum absolute atomic E-state index is 0.323. The van der Waals surface area contributed by atoms with Gasteiger partial charge in [-0.15, -0.1) is 11.3 Å². The lowest BCUT2D eigenvalue weighted by atomic mass is 9.94. The standard InChI is InChI=1S/C12H15Br2NO2S/c13-10-6-9(18-12(10)14)7-15-3-1-8(2-4-15)5-11(16)17/h6,8H,1-5,7H2,(H,16,17). The van der Waals surface area contributed by atoms with Gasteiger partial charge < -0.3 is 5.11 Å². The molecule has 0 atom stereocenters. The predicted octanol–water partition coefficient (Wildman–Crippen LogP) is 3.96. The summed E-state index contributed by atoms with van der Waals surface area (Å²) in [7, 11) is 0. The minimum atomic E-state index is -0.667. The Morgan fingerprint density at radius 1 is 1.44 bits per heavy atom. The Bertz CT molecular complexity index is 408. The van der Waals surface area contributed by atoms with Crippen LogP contribution in [0.3, 0.4) is 0 Å². The summed E-state index contributed by atoms with van der Waals surface area (Å²) in [5, 5.41) is 8.78. The number of aliphatic carboxylic acids is 1. The van der Waals surface area contributed by atoms with E-state index in [0.29, 0.717) is 12.3 Å². The van der Waals surface area contributed by atoms with Gasteiger partial charge in [0.05, 0.1) is 3.79 Å². The Balaban J connectivity index is 1.81. The van der Waals surface area contributed by atoms with Crippen LogP contribution in [0.2, 0.25) is 0 Å². The molecule has 3 nitrogen and oxygen atoms in total. The van der Waals surface area contributed by atoms with Gasteiger partial charge in [0, 0.05) is 22.3 Å². The summed E-state index contributed by atoms with van der Waals surface area (Å²) < 4.78 is 2.25. The first-order valence-corrected chi connectivity index (χ1v) is 8.32. The van der Waals surface area contributed by atoms with Gasteiger partial charge in [-0.25, -0.2) is 0 Å². The molecule has 0 saturated carbocycles. The van der Waals surface area contributed by atoms with Crippen molar-refractivity contribution in [2.45, 2.75) is 25.8 Å². The molecule has 1 N–H and O–H groups in total. The lowest BCUT2D eigenvalue weighted by Gasteiger charge is -2.30. The Kier molecular flexibility index (Phi) is 5.24. The summed E-state index contributed by atoms with van der Waals surface area (Å²) in [6.45, 7) is 2.98. The predicted molar refractivity (Wildman–Crippen MR) is 80.0 cm³/mol. The first-order chi connectivity index (χ1) is 8.54. The van der Waals surface area contributed by atoms with Crippen LogP contribution in [0.25, 0.3) is 0 Å². The fraction of sp³-hybridized carbons (Fsp3) is 0.583. The highest BCUT2D eigenvalue weighted by molar-refractivity contribution is 9.13. The number of piperidine rings is 1. The van der Waals surface area contributed by atoms with E-state index in [0.717, 1.165) is 40.7 Å². The van der Waals surface area contributed by atoms with Crippen molar-refractivity contribution in [3.8, 4) is 0 Å². The summed E-state index contributed by atoms with van der Waals surface area (Å²) in [5.74, 6) is -0.305. The minimum Gasteiger partial charge on any atom is -0.481 e. The van der Waals surface area contributed by atoms with Crippen LogP contribution in [-0.4, -0.2) is 29.1 Å². The fourth-order valence-electron chi connectivity index (χ4n) is 2.29. The maximum absolute atomic E-state index is 10.7. The van der Waals surface area contributed by atoms with Gasteiger partial charge in [-0.05, 0) is 69.8 Å². The number of carboxylic acids is 1. The second-order valence-corrected chi connectivity index (χ2v) is 7.96. The lowest BCUT2D eigenvalue weighted by Crippen LogP contribution is -2.33. The van der Waals surface area contributed by atoms with Crippen LogP contribution in [0.5, 0.6) is 0 Å². The van der Waals surface area contributed by atoms with E-state index in [2.05, 4.69) is 42.8 Å². The quantitative estimate of drug-likeness (QED) is 0.837. The molecule has 18 heavy (non-hydrogen) atoms. The number of halogens is 2. The van der Waals surface area contributed by atoms with Crippen LogP contribution in [-0.2, 0) is 11.3 Å². The maximum atomic E-state index is 10.7. The summed E-state index contributed by atoms with van der Waals surface area (Å²) in [4.78, 5) is 14.4. The van der Waals surface area contributed by atoms with E-state index < -0.39 is 5.97 Å². The van der Waals surface area contributed by atoms with Crippen LogP contribution in [0.4, 0.5) is 0 Å². The van der Waals surface area contributed by atoms with E-state index in [9.17, 15) is 4.79 Å². The van der Waals surface area contributed by atoms with E-state index in [-0.39, 0.29) is 0 Å². The molecule has 0 aliphatic carbocycles. The second-order valence-electron chi connectivity index (χ2n) is 4.65. The molecule has 0 amide bonds. The van der Waals surface area contributed by atoms with Crippen molar-refractivity contribution in [3.05, 3.63) is 19.2 Å². The van der Waals surface area contributed by atoms with Crippen LogP contribution in [0.1, 0.15) is 24.1 Å². The van der Waals surface area contributed by atoms with E-state index >= 15 is 0 Å². The van der Waals surface area contributed by atoms with Crippen LogP contribution in [0.15, 0.2) is 14.3 Å². The Morgan fingerprint density at radius 3 is 2.61 bits per heavy atom. The number of thiophene rings is 1. The molecule has 0 spiro atoms. The number of likely N-dealkylation sites (tertiary alicyclic amines) is 1. The van der Waals surface area contributed by atoms with Crippen molar-refractivity contribution >= 4 is 49.2 Å². The van der Waals surface area contributed by atoms with Gasteiger partial charge in [0.15, 0.2) is 0 Å². The van der Waals surface area contributed by atoms with E-state index in [1.807, 2.05) is 0 Å². The zero-order valence-corrected chi connectivity index (χ0v) is 13.9. The Labute approximate surface area is 127 Å². The molecule has 1 saturated heterocycles. The monoisotopic (exact) mass is 395 g/mol. The van der Waals surface area contributed by atoms with Gasteiger partial charge in [0.1, 0.15) is 0 Å². The van der Waals surface area contributed by atoms with Gasteiger partial charge in [-0.1, -0.05) is 0 Å². The molecule has 1 fully saturated rings. The second kappa shape index (κ2) is 6.50. The molecular formula is C12H15Br2NO2S. The smallest absolute Gasteiger partial charge is 0.303 e. The normalized spacial score (nSPS) is 18.1. The van der Waals surface area contributed by atoms with Crippen molar-refractivity contribution in [3.63, 3.8) is 0 Å². The third-order valence-electron chi connectivity index (χ3n) is 3.25. The number of carbonyl (C=O) groups is 1. The SMILES string of the molecule is O=C(O)CC1CCN(Cc2cc(Br)c(Br)s2)CC1. The molecular weight excluding hydrogens is 382 g/mol. The first kappa shape index (κ1) is 14.5. The highest BCUT2D eigenvalue weighted by Gasteiger charge is 2.21. The largest absolute Gasteiger partial charge is 0.481 e. The van der Waals surface area contributed by atoms with E-state index in [1.165, 1.54) is 4.88 Å². The zero-order chi connectivity index (χ0) is 13.1. The number of carboxylic acid groups (broad SMARTS) is 1. The van der Waals surface area contributed by atoms with E-state index in [4.69, 9.17) is 5.11 Å². The average molecular weight is 397 g/mol. The Hall–Kier alpha value is 0.0900. The van der Waals surface area contributed by atoms with Crippen LogP contribution in [0, 0.1) is 5.92 Å². The number of rotatable bonds is 4. The molecule has 0 unspecified atom stereocenters. The fourth-order valence-corrected chi connectivity index (χ4v) is 4.50. The lowest BCUT2D eigenvalue weighted by molar-refractivity contribution is -0.138. The highest BCUT2D eigenvalue weighted by Crippen LogP contribution is 2.33. The molecule has 1 aliphatic rings.